The maximum Gasteiger partial charge on any atom is 0.262 e. The average molecular weight is 371 g/mol. The molecule has 0 aromatic heterocycles. The van der Waals surface area contributed by atoms with Gasteiger partial charge in [-0.05, 0) is 42.7 Å². The van der Waals surface area contributed by atoms with E-state index >= 15 is 0 Å². The number of nitrogens with one attached hydrogen (secondary N) is 1. The molecule has 2 aromatic carbocycles. The summed E-state index contributed by atoms with van der Waals surface area (Å²) in [6.45, 7) is 5.40. The Morgan fingerprint density at radius 1 is 1.00 bits per heavy atom. The number of amides is 3. The van der Waals surface area contributed by atoms with Gasteiger partial charge < -0.3 is 5.32 Å². The Morgan fingerprint density at radius 3 is 2.12 bits per heavy atom. The first-order chi connectivity index (χ1) is 12.3. The maximum atomic E-state index is 12.9. The summed E-state index contributed by atoms with van der Waals surface area (Å²) in [5, 5.41) is 3.34. The van der Waals surface area contributed by atoms with Crippen LogP contribution in [-0.2, 0) is 4.79 Å². The molecule has 3 amide bonds. The molecule has 1 heterocycles. The number of rotatable bonds is 4. The van der Waals surface area contributed by atoms with E-state index in [1.807, 2.05) is 0 Å². The highest BCUT2D eigenvalue weighted by Crippen LogP contribution is 2.29. The second kappa shape index (κ2) is 6.92. The Bertz CT molecular complexity index is 873. The van der Waals surface area contributed by atoms with Gasteiger partial charge in [0.1, 0.15) is 6.04 Å². The van der Waals surface area contributed by atoms with Crippen LogP contribution in [0, 0.1) is 12.8 Å². The van der Waals surface area contributed by atoms with Crippen LogP contribution in [0.2, 0.25) is 5.02 Å². The molecule has 1 aliphatic heterocycles. The van der Waals surface area contributed by atoms with Gasteiger partial charge in [-0.3, -0.25) is 19.3 Å². The SMILES string of the molecule is Cc1c(Cl)cccc1NC(=O)C(C(C)C)N1C(=O)c2ccccc2C1=O. The van der Waals surface area contributed by atoms with Gasteiger partial charge in [-0.15, -0.1) is 0 Å². The molecule has 2 aromatic rings. The van der Waals surface area contributed by atoms with E-state index in [1.54, 1.807) is 63.2 Å². The Kier molecular flexibility index (Phi) is 4.83. The smallest absolute Gasteiger partial charge is 0.262 e. The Labute approximate surface area is 156 Å². The van der Waals surface area contributed by atoms with E-state index in [2.05, 4.69) is 5.32 Å². The van der Waals surface area contributed by atoms with Gasteiger partial charge in [-0.1, -0.05) is 43.6 Å². The molecule has 1 N–H and O–H groups in total. The zero-order chi connectivity index (χ0) is 19.0. The normalized spacial score (nSPS) is 14.6. The third-order valence-corrected chi connectivity index (χ3v) is 4.94. The zero-order valence-corrected chi connectivity index (χ0v) is 15.5. The fraction of sp³-hybridized carbons (Fsp3) is 0.250. The van der Waals surface area contributed by atoms with Crippen LogP contribution >= 0.6 is 11.6 Å². The lowest BCUT2D eigenvalue weighted by Crippen LogP contribution is -2.50. The van der Waals surface area contributed by atoms with Gasteiger partial charge in [0.05, 0.1) is 11.1 Å². The van der Waals surface area contributed by atoms with Crippen LogP contribution in [-0.4, -0.2) is 28.7 Å². The van der Waals surface area contributed by atoms with E-state index in [0.29, 0.717) is 21.8 Å². The Hall–Kier alpha value is -2.66. The van der Waals surface area contributed by atoms with Crippen LogP contribution in [0.4, 0.5) is 5.69 Å². The van der Waals surface area contributed by atoms with Crippen molar-refractivity contribution in [3.63, 3.8) is 0 Å². The lowest BCUT2D eigenvalue weighted by molar-refractivity contribution is -0.121. The third-order valence-electron chi connectivity index (χ3n) is 4.53. The lowest BCUT2D eigenvalue weighted by Gasteiger charge is -2.28. The second-order valence-corrected chi connectivity index (χ2v) is 7.02. The molecule has 0 bridgehead atoms. The maximum absolute atomic E-state index is 12.9. The van der Waals surface area contributed by atoms with Crippen molar-refractivity contribution in [2.45, 2.75) is 26.8 Å². The number of carbonyl (C=O) groups is 3. The van der Waals surface area contributed by atoms with Crippen LogP contribution in [0.5, 0.6) is 0 Å². The van der Waals surface area contributed by atoms with E-state index < -0.39 is 23.8 Å². The molecule has 5 nitrogen and oxygen atoms in total. The molecule has 0 aliphatic carbocycles. The van der Waals surface area contributed by atoms with Crippen molar-refractivity contribution in [3.8, 4) is 0 Å². The van der Waals surface area contributed by atoms with Crippen LogP contribution in [0.1, 0.15) is 40.1 Å². The van der Waals surface area contributed by atoms with E-state index in [4.69, 9.17) is 11.6 Å². The predicted octanol–water partition coefficient (Wildman–Crippen LogP) is 3.91. The minimum Gasteiger partial charge on any atom is -0.324 e. The summed E-state index contributed by atoms with van der Waals surface area (Å²) in [7, 11) is 0. The van der Waals surface area contributed by atoms with E-state index in [-0.39, 0.29) is 5.92 Å². The van der Waals surface area contributed by atoms with E-state index in [9.17, 15) is 14.4 Å². The van der Waals surface area contributed by atoms with Crippen LogP contribution in [0.15, 0.2) is 42.5 Å². The highest BCUT2D eigenvalue weighted by molar-refractivity contribution is 6.31. The molecule has 0 fully saturated rings. The number of hydrogen-bond donors (Lipinski definition) is 1. The highest BCUT2D eigenvalue weighted by atomic mass is 35.5. The van der Waals surface area contributed by atoms with Gasteiger partial charge in [0, 0.05) is 10.7 Å². The molecule has 1 atom stereocenters. The molecular weight excluding hydrogens is 352 g/mol. The van der Waals surface area contributed by atoms with Crippen molar-refractivity contribution in [2.24, 2.45) is 5.92 Å². The summed E-state index contributed by atoms with van der Waals surface area (Å²) in [4.78, 5) is 39.5. The molecule has 1 unspecified atom stereocenters. The molecule has 0 radical (unpaired) electrons. The van der Waals surface area contributed by atoms with Gasteiger partial charge in [0.25, 0.3) is 11.8 Å². The fourth-order valence-corrected chi connectivity index (χ4v) is 3.30. The van der Waals surface area contributed by atoms with Crippen molar-refractivity contribution in [1.29, 1.82) is 0 Å². The molecule has 26 heavy (non-hydrogen) atoms. The fourth-order valence-electron chi connectivity index (χ4n) is 3.13. The summed E-state index contributed by atoms with van der Waals surface area (Å²) in [5.41, 5.74) is 1.95. The standard InChI is InChI=1S/C20H19ClN2O3/c1-11(2)17(18(24)22-16-10-6-9-15(21)12(16)3)23-19(25)13-7-4-5-8-14(13)20(23)26/h4-11,17H,1-3H3,(H,22,24). The Balaban J connectivity index is 1.93. The zero-order valence-electron chi connectivity index (χ0n) is 14.7. The highest BCUT2D eigenvalue weighted by Gasteiger charge is 2.43. The van der Waals surface area contributed by atoms with Crippen LogP contribution < -0.4 is 5.32 Å². The molecule has 6 heteroatoms. The summed E-state index contributed by atoms with van der Waals surface area (Å²) >= 11 is 6.10. The van der Waals surface area contributed by atoms with Crippen molar-refractivity contribution >= 4 is 35.0 Å². The van der Waals surface area contributed by atoms with Crippen molar-refractivity contribution < 1.29 is 14.4 Å². The molecule has 0 saturated carbocycles. The number of benzene rings is 2. The molecular formula is C20H19ClN2O3. The number of carbonyl (C=O) groups excluding carboxylic acids is 3. The predicted molar refractivity (Wildman–Crippen MR) is 100 cm³/mol. The first-order valence-electron chi connectivity index (χ1n) is 8.35. The molecule has 0 spiro atoms. The number of halogens is 1. The molecule has 3 rings (SSSR count). The average Bonchev–Trinajstić information content (AvgIpc) is 2.85. The van der Waals surface area contributed by atoms with Gasteiger partial charge in [0.15, 0.2) is 0 Å². The molecule has 0 saturated heterocycles. The number of fused-ring (bicyclic) bond motifs is 1. The number of anilines is 1. The molecule has 134 valence electrons. The largest absolute Gasteiger partial charge is 0.324 e. The van der Waals surface area contributed by atoms with Crippen LogP contribution in [0.25, 0.3) is 0 Å². The van der Waals surface area contributed by atoms with Crippen molar-refractivity contribution in [2.75, 3.05) is 5.32 Å². The summed E-state index contributed by atoms with van der Waals surface area (Å²) in [6.07, 6.45) is 0. The first-order valence-corrected chi connectivity index (χ1v) is 8.73. The minimum atomic E-state index is -0.916. The van der Waals surface area contributed by atoms with Crippen molar-refractivity contribution in [3.05, 3.63) is 64.2 Å². The van der Waals surface area contributed by atoms with Gasteiger partial charge in [-0.2, -0.15) is 0 Å². The Morgan fingerprint density at radius 2 is 1.58 bits per heavy atom. The number of hydrogen-bond acceptors (Lipinski definition) is 3. The minimum absolute atomic E-state index is 0.253. The number of imide groups is 1. The molecule has 1 aliphatic rings. The van der Waals surface area contributed by atoms with Gasteiger partial charge in [-0.25, -0.2) is 0 Å². The van der Waals surface area contributed by atoms with E-state index in [1.165, 1.54) is 0 Å². The van der Waals surface area contributed by atoms with Crippen molar-refractivity contribution in [1.82, 2.24) is 4.90 Å². The number of nitrogens with zero attached hydrogens (tertiary/aromatic N) is 1. The quantitative estimate of drug-likeness (QED) is 0.830. The summed E-state index contributed by atoms with van der Waals surface area (Å²) < 4.78 is 0. The lowest BCUT2D eigenvalue weighted by atomic mass is 10.0. The third kappa shape index (κ3) is 2.99. The topological polar surface area (TPSA) is 66.5 Å². The van der Waals surface area contributed by atoms with Gasteiger partial charge in [0.2, 0.25) is 5.91 Å². The summed E-state index contributed by atoms with van der Waals surface area (Å²) in [5.74, 6) is -1.55. The van der Waals surface area contributed by atoms with E-state index in [0.717, 1.165) is 10.5 Å². The monoisotopic (exact) mass is 370 g/mol. The summed E-state index contributed by atoms with van der Waals surface area (Å²) in [6, 6.07) is 10.9. The first kappa shape index (κ1) is 18.1. The van der Waals surface area contributed by atoms with Crippen LogP contribution in [0.3, 0.4) is 0 Å². The second-order valence-electron chi connectivity index (χ2n) is 6.62. The van der Waals surface area contributed by atoms with Gasteiger partial charge >= 0.3 is 0 Å².